The van der Waals surface area contributed by atoms with E-state index >= 15 is 0 Å². The number of carbonyl (C=O) groups excluding carboxylic acids is 3. The number of hydrogen-bond donors (Lipinski definition) is 1. The van der Waals surface area contributed by atoms with Gasteiger partial charge in [-0.05, 0) is 55.7 Å². The number of amides is 4. The van der Waals surface area contributed by atoms with Crippen LogP contribution in [-0.2, 0) is 9.59 Å². The number of anilines is 1. The van der Waals surface area contributed by atoms with Crippen molar-refractivity contribution in [2.24, 2.45) is 0 Å². The molecule has 1 saturated heterocycles. The normalized spacial score (nSPS) is 17.3. The van der Waals surface area contributed by atoms with Crippen LogP contribution in [-0.4, -0.2) is 24.6 Å². The van der Waals surface area contributed by atoms with Gasteiger partial charge in [-0.25, -0.2) is 9.69 Å². The Morgan fingerprint density at radius 1 is 0.964 bits per heavy atom. The lowest BCUT2D eigenvalue weighted by atomic mass is 9.97. The predicted octanol–water partition coefficient (Wildman–Crippen LogP) is 3.01. The highest BCUT2D eigenvalue weighted by Gasteiger charge is 2.37. The molecule has 1 N–H and O–H groups in total. The van der Waals surface area contributed by atoms with Crippen LogP contribution in [0.1, 0.15) is 22.3 Å². The first-order chi connectivity index (χ1) is 13.3. The fourth-order valence-electron chi connectivity index (χ4n) is 3.48. The van der Waals surface area contributed by atoms with E-state index in [1.54, 1.807) is 12.1 Å². The summed E-state index contributed by atoms with van der Waals surface area (Å²) in [5, 5.41) is 2.23. The summed E-state index contributed by atoms with van der Waals surface area (Å²) in [4.78, 5) is 38.7. The largest absolute Gasteiger partial charge is 0.454 e. The molecular formula is C21H18N2O5. The van der Waals surface area contributed by atoms with Gasteiger partial charge in [0.2, 0.25) is 6.79 Å². The van der Waals surface area contributed by atoms with E-state index in [-0.39, 0.29) is 12.4 Å². The van der Waals surface area contributed by atoms with E-state index < -0.39 is 17.8 Å². The van der Waals surface area contributed by atoms with Crippen molar-refractivity contribution in [1.82, 2.24) is 5.32 Å². The Hall–Kier alpha value is -3.61. The number of barbiturate groups is 1. The highest BCUT2D eigenvalue weighted by atomic mass is 16.7. The van der Waals surface area contributed by atoms with Crippen LogP contribution in [0.25, 0.3) is 6.08 Å². The summed E-state index contributed by atoms with van der Waals surface area (Å²) in [6, 6.07) is 7.88. The van der Waals surface area contributed by atoms with Crippen molar-refractivity contribution >= 4 is 29.6 Å². The van der Waals surface area contributed by atoms with Crippen LogP contribution in [0.2, 0.25) is 0 Å². The van der Waals surface area contributed by atoms with Gasteiger partial charge in [0.1, 0.15) is 5.57 Å². The molecule has 2 aliphatic heterocycles. The zero-order valence-electron chi connectivity index (χ0n) is 15.7. The molecule has 0 bridgehead atoms. The van der Waals surface area contributed by atoms with Crippen LogP contribution in [0.4, 0.5) is 10.5 Å². The minimum absolute atomic E-state index is 0.0779. The fourth-order valence-corrected chi connectivity index (χ4v) is 3.48. The lowest BCUT2D eigenvalue weighted by Crippen LogP contribution is -2.54. The Balaban J connectivity index is 1.77. The summed E-state index contributed by atoms with van der Waals surface area (Å²) in [6.07, 6.45) is 1.54. The first-order valence-corrected chi connectivity index (χ1v) is 8.74. The van der Waals surface area contributed by atoms with Gasteiger partial charge < -0.3 is 9.47 Å². The maximum absolute atomic E-state index is 13.0. The summed E-state index contributed by atoms with van der Waals surface area (Å²) < 4.78 is 10.6. The number of aryl methyl sites for hydroxylation is 3. The standard InChI is InChI=1S/C21H18N2O5/c1-11-6-12(2)15(13(3)7-11)9-16-19(24)22-21(26)23(20(16)25)14-4-5-17-18(8-14)28-10-27-17/h4-9H,10H2,1-3H3,(H,22,24,26)/b16-9+. The topological polar surface area (TPSA) is 84.9 Å². The Kier molecular flexibility index (Phi) is 4.15. The molecule has 0 aliphatic carbocycles. The van der Waals surface area contributed by atoms with Crippen LogP contribution in [0, 0.1) is 20.8 Å². The molecule has 0 aromatic heterocycles. The van der Waals surface area contributed by atoms with E-state index in [2.05, 4.69) is 5.32 Å². The molecule has 4 rings (SSSR count). The second kappa shape index (κ2) is 6.53. The molecule has 0 saturated carbocycles. The summed E-state index contributed by atoms with van der Waals surface area (Å²) in [7, 11) is 0. The molecule has 2 aromatic rings. The summed E-state index contributed by atoms with van der Waals surface area (Å²) in [5.41, 5.74) is 3.95. The van der Waals surface area contributed by atoms with Crippen molar-refractivity contribution in [2.45, 2.75) is 20.8 Å². The van der Waals surface area contributed by atoms with E-state index in [1.807, 2.05) is 32.9 Å². The zero-order valence-corrected chi connectivity index (χ0v) is 15.7. The summed E-state index contributed by atoms with van der Waals surface area (Å²) in [6.45, 7) is 5.89. The van der Waals surface area contributed by atoms with Gasteiger partial charge in [0.15, 0.2) is 11.5 Å². The Morgan fingerprint density at radius 2 is 1.64 bits per heavy atom. The van der Waals surface area contributed by atoms with E-state index in [0.717, 1.165) is 27.2 Å². The minimum atomic E-state index is -0.802. The molecule has 7 heteroatoms. The molecule has 2 aliphatic rings. The molecule has 4 amide bonds. The highest BCUT2D eigenvalue weighted by molar-refractivity contribution is 6.39. The van der Waals surface area contributed by atoms with E-state index in [1.165, 1.54) is 12.1 Å². The molecule has 142 valence electrons. The second-order valence-corrected chi connectivity index (χ2v) is 6.81. The summed E-state index contributed by atoms with van der Waals surface area (Å²) in [5.74, 6) is -0.435. The van der Waals surface area contributed by atoms with E-state index in [4.69, 9.17) is 9.47 Å². The molecule has 2 heterocycles. The number of nitrogens with one attached hydrogen (secondary N) is 1. The van der Waals surface area contributed by atoms with Gasteiger partial charge in [0.25, 0.3) is 11.8 Å². The molecule has 7 nitrogen and oxygen atoms in total. The second-order valence-electron chi connectivity index (χ2n) is 6.81. The van der Waals surface area contributed by atoms with Gasteiger partial charge in [0, 0.05) is 6.07 Å². The molecule has 0 atom stereocenters. The van der Waals surface area contributed by atoms with Crippen LogP contribution in [0.3, 0.4) is 0 Å². The third kappa shape index (κ3) is 2.90. The fraction of sp³-hybridized carbons (Fsp3) is 0.190. The van der Waals surface area contributed by atoms with Crippen molar-refractivity contribution in [1.29, 1.82) is 0 Å². The van der Waals surface area contributed by atoms with Crippen molar-refractivity contribution in [3.05, 3.63) is 58.2 Å². The lowest BCUT2D eigenvalue weighted by Gasteiger charge is -2.26. The molecule has 1 fully saturated rings. The zero-order chi connectivity index (χ0) is 20.0. The third-order valence-corrected chi connectivity index (χ3v) is 4.74. The Morgan fingerprint density at radius 3 is 2.36 bits per heavy atom. The molecular weight excluding hydrogens is 360 g/mol. The van der Waals surface area contributed by atoms with Crippen molar-refractivity contribution in [3.8, 4) is 11.5 Å². The first kappa shape index (κ1) is 17.8. The number of urea groups is 1. The molecule has 0 unspecified atom stereocenters. The molecule has 0 radical (unpaired) electrons. The van der Waals surface area contributed by atoms with E-state index in [9.17, 15) is 14.4 Å². The monoisotopic (exact) mass is 378 g/mol. The average Bonchev–Trinajstić information content (AvgIpc) is 3.08. The van der Waals surface area contributed by atoms with Gasteiger partial charge in [-0.3, -0.25) is 14.9 Å². The number of imide groups is 2. The number of ether oxygens (including phenoxy) is 2. The van der Waals surface area contributed by atoms with Crippen molar-refractivity contribution < 1.29 is 23.9 Å². The van der Waals surface area contributed by atoms with Gasteiger partial charge in [-0.15, -0.1) is 0 Å². The number of nitrogens with zero attached hydrogens (tertiary/aromatic N) is 1. The smallest absolute Gasteiger partial charge is 0.335 e. The van der Waals surface area contributed by atoms with E-state index in [0.29, 0.717) is 17.2 Å². The van der Waals surface area contributed by atoms with Gasteiger partial charge in [-0.1, -0.05) is 17.7 Å². The number of carbonyl (C=O) groups is 3. The lowest BCUT2D eigenvalue weighted by molar-refractivity contribution is -0.122. The van der Waals surface area contributed by atoms with Gasteiger partial charge >= 0.3 is 6.03 Å². The van der Waals surface area contributed by atoms with Gasteiger partial charge in [-0.2, -0.15) is 0 Å². The quantitative estimate of drug-likeness (QED) is 0.641. The first-order valence-electron chi connectivity index (χ1n) is 8.74. The molecule has 28 heavy (non-hydrogen) atoms. The number of fused-ring (bicyclic) bond motifs is 1. The van der Waals surface area contributed by atoms with Crippen molar-refractivity contribution in [2.75, 3.05) is 11.7 Å². The molecule has 0 spiro atoms. The number of benzene rings is 2. The Bertz CT molecular complexity index is 1050. The maximum Gasteiger partial charge on any atom is 0.335 e. The number of rotatable bonds is 2. The predicted molar refractivity (Wildman–Crippen MR) is 102 cm³/mol. The minimum Gasteiger partial charge on any atom is -0.454 e. The SMILES string of the molecule is Cc1cc(C)c(/C=C2\C(=O)NC(=O)N(c3ccc4c(c3)OCO4)C2=O)c(C)c1. The highest BCUT2D eigenvalue weighted by Crippen LogP contribution is 2.36. The average molecular weight is 378 g/mol. The third-order valence-electron chi connectivity index (χ3n) is 4.74. The molecule has 2 aromatic carbocycles. The maximum atomic E-state index is 13.0. The van der Waals surface area contributed by atoms with Gasteiger partial charge in [0.05, 0.1) is 5.69 Å². The summed E-state index contributed by atoms with van der Waals surface area (Å²) >= 11 is 0. The van der Waals surface area contributed by atoms with Crippen LogP contribution in [0.15, 0.2) is 35.9 Å². The van der Waals surface area contributed by atoms with Crippen LogP contribution < -0.4 is 19.7 Å². The number of hydrogen-bond acceptors (Lipinski definition) is 5. The van der Waals surface area contributed by atoms with Crippen LogP contribution in [0.5, 0.6) is 11.5 Å². The van der Waals surface area contributed by atoms with Crippen molar-refractivity contribution in [3.63, 3.8) is 0 Å². The Labute approximate surface area is 161 Å². The van der Waals surface area contributed by atoms with Crippen LogP contribution >= 0.6 is 0 Å².